The molecule has 0 saturated carbocycles. The lowest BCUT2D eigenvalue weighted by Gasteiger charge is -2.33. The highest BCUT2D eigenvalue weighted by Crippen LogP contribution is 2.30. The van der Waals surface area contributed by atoms with Crippen molar-refractivity contribution in [1.82, 2.24) is 20.9 Å². The summed E-state index contributed by atoms with van der Waals surface area (Å²) in [6, 6.07) is 7.47. The molecule has 3 N–H and O–H groups in total. The fourth-order valence-electron chi connectivity index (χ4n) is 3.55. The zero-order valence-electron chi connectivity index (χ0n) is 17.5. The molecule has 0 spiro atoms. The highest BCUT2D eigenvalue weighted by atomic mass is 16.5. The van der Waals surface area contributed by atoms with Crippen LogP contribution < -0.4 is 20.7 Å². The van der Waals surface area contributed by atoms with Gasteiger partial charge in [0.1, 0.15) is 11.8 Å². The number of urea groups is 1. The van der Waals surface area contributed by atoms with Crippen LogP contribution in [0.25, 0.3) is 0 Å². The lowest BCUT2D eigenvalue weighted by molar-refractivity contribution is -0.123. The predicted octanol–water partition coefficient (Wildman–Crippen LogP) is 2.29. The van der Waals surface area contributed by atoms with Crippen LogP contribution >= 0.6 is 0 Å². The molecule has 0 bridgehead atoms. The second-order valence-corrected chi connectivity index (χ2v) is 7.74. The van der Waals surface area contributed by atoms with E-state index in [0.717, 1.165) is 18.6 Å². The van der Waals surface area contributed by atoms with E-state index in [-0.39, 0.29) is 11.9 Å². The van der Waals surface area contributed by atoms with Gasteiger partial charge in [-0.3, -0.25) is 4.79 Å². The lowest BCUT2D eigenvalue weighted by atomic mass is 9.89. The molecule has 1 atom stereocenters. The molecular weight excluding hydrogens is 356 g/mol. The van der Waals surface area contributed by atoms with Crippen LogP contribution in [0.4, 0.5) is 4.79 Å². The zero-order chi connectivity index (χ0) is 20.5. The molecule has 7 heteroatoms. The summed E-state index contributed by atoms with van der Waals surface area (Å²) in [5.74, 6) is 1.44. The Kier molecular flexibility index (Phi) is 8.57. The molecule has 0 aliphatic carbocycles. The van der Waals surface area contributed by atoms with Crippen molar-refractivity contribution in [2.45, 2.75) is 45.1 Å². The molecule has 7 nitrogen and oxygen atoms in total. The van der Waals surface area contributed by atoms with Crippen molar-refractivity contribution >= 4 is 11.9 Å². The summed E-state index contributed by atoms with van der Waals surface area (Å²) in [4.78, 5) is 26.9. The molecule has 0 radical (unpaired) electrons. The van der Waals surface area contributed by atoms with E-state index in [9.17, 15) is 9.59 Å². The van der Waals surface area contributed by atoms with Crippen LogP contribution in [-0.4, -0.2) is 56.8 Å². The van der Waals surface area contributed by atoms with E-state index in [4.69, 9.17) is 4.74 Å². The Balaban J connectivity index is 1.90. The monoisotopic (exact) mass is 390 g/mol. The van der Waals surface area contributed by atoms with Gasteiger partial charge in [0.25, 0.3) is 0 Å². The molecule has 1 fully saturated rings. The Morgan fingerprint density at radius 3 is 2.57 bits per heavy atom. The SMILES string of the molecule is CNCNC(=O)C(CC(C)C)NC(=O)N1CCC(c2cccc(OC)c2)CC1. The lowest BCUT2D eigenvalue weighted by Crippen LogP contribution is -2.53. The molecular formula is C21H34N4O3. The second-order valence-electron chi connectivity index (χ2n) is 7.74. The van der Waals surface area contributed by atoms with Crippen LogP contribution in [-0.2, 0) is 4.79 Å². The van der Waals surface area contributed by atoms with Gasteiger partial charge >= 0.3 is 6.03 Å². The maximum Gasteiger partial charge on any atom is 0.318 e. The number of hydrogen-bond acceptors (Lipinski definition) is 4. The first-order chi connectivity index (χ1) is 13.4. The van der Waals surface area contributed by atoms with E-state index in [0.29, 0.717) is 38.0 Å². The first kappa shape index (κ1) is 22.0. The van der Waals surface area contributed by atoms with Crippen LogP contribution in [0.5, 0.6) is 5.75 Å². The van der Waals surface area contributed by atoms with Gasteiger partial charge in [0.05, 0.1) is 13.8 Å². The number of amides is 3. The molecule has 1 aromatic carbocycles. The summed E-state index contributed by atoms with van der Waals surface area (Å²) in [5, 5.41) is 8.61. The first-order valence-corrected chi connectivity index (χ1v) is 10.1. The Morgan fingerprint density at radius 1 is 1.25 bits per heavy atom. The molecule has 1 aliphatic heterocycles. The average molecular weight is 391 g/mol. The van der Waals surface area contributed by atoms with E-state index < -0.39 is 6.04 Å². The Morgan fingerprint density at radius 2 is 1.96 bits per heavy atom. The number of carbonyl (C=O) groups excluding carboxylic acids is 2. The second kappa shape index (κ2) is 10.9. The number of piperidine rings is 1. The predicted molar refractivity (Wildman–Crippen MR) is 110 cm³/mol. The molecule has 1 heterocycles. The summed E-state index contributed by atoms with van der Waals surface area (Å²) in [5.41, 5.74) is 1.25. The molecule has 1 saturated heterocycles. The van der Waals surface area contributed by atoms with Gasteiger partial charge in [0.2, 0.25) is 5.91 Å². The minimum absolute atomic E-state index is 0.150. The fraction of sp³-hybridized carbons (Fsp3) is 0.619. The molecule has 28 heavy (non-hydrogen) atoms. The molecule has 1 unspecified atom stereocenters. The number of hydrogen-bond donors (Lipinski definition) is 3. The molecule has 3 amide bonds. The largest absolute Gasteiger partial charge is 0.497 e. The maximum atomic E-state index is 12.7. The summed E-state index contributed by atoms with van der Waals surface area (Å²) >= 11 is 0. The van der Waals surface area contributed by atoms with Gasteiger partial charge in [0, 0.05) is 13.1 Å². The van der Waals surface area contributed by atoms with Crippen LogP contribution in [0.15, 0.2) is 24.3 Å². The van der Waals surface area contributed by atoms with Gasteiger partial charge in [-0.2, -0.15) is 0 Å². The summed E-state index contributed by atoms with van der Waals surface area (Å²) in [7, 11) is 3.44. The highest BCUT2D eigenvalue weighted by Gasteiger charge is 2.28. The van der Waals surface area contributed by atoms with Gasteiger partial charge in [-0.05, 0) is 55.8 Å². The molecule has 1 aliphatic rings. The van der Waals surface area contributed by atoms with E-state index in [2.05, 4.69) is 28.1 Å². The van der Waals surface area contributed by atoms with Crippen LogP contribution in [0.2, 0.25) is 0 Å². The van der Waals surface area contributed by atoms with Crippen molar-refractivity contribution in [1.29, 1.82) is 0 Å². The summed E-state index contributed by atoms with van der Waals surface area (Å²) in [6.07, 6.45) is 2.42. The van der Waals surface area contributed by atoms with Crippen LogP contribution in [0.1, 0.15) is 44.6 Å². The maximum absolute atomic E-state index is 12.7. The van der Waals surface area contributed by atoms with Crippen molar-refractivity contribution in [3.05, 3.63) is 29.8 Å². The van der Waals surface area contributed by atoms with Gasteiger partial charge in [0.15, 0.2) is 0 Å². The van der Waals surface area contributed by atoms with Crippen molar-refractivity contribution in [3.8, 4) is 5.75 Å². The minimum Gasteiger partial charge on any atom is -0.497 e. The number of nitrogens with zero attached hydrogens (tertiary/aromatic N) is 1. The fourth-order valence-corrected chi connectivity index (χ4v) is 3.55. The number of ether oxygens (including phenoxy) is 1. The number of nitrogens with one attached hydrogen (secondary N) is 3. The number of methoxy groups -OCH3 is 1. The molecule has 1 aromatic rings. The third-order valence-corrected chi connectivity index (χ3v) is 5.11. The topological polar surface area (TPSA) is 82.7 Å². The molecule has 0 aromatic heterocycles. The minimum atomic E-state index is -0.517. The van der Waals surface area contributed by atoms with Gasteiger partial charge < -0.3 is 25.6 Å². The number of rotatable bonds is 8. The smallest absolute Gasteiger partial charge is 0.318 e. The summed E-state index contributed by atoms with van der Waals surface area (Å²) < 4.78 is 5.31. The van der Waals surface area contributed by atoms with Crippen LogP contribution in [0.3, 0.4) is 0 Å². The average Bonchev–Trinajstić information content (AvgIpc) is 2.71. The van der Waals surface area contributed by atoms with Gasteiger partial charge in [-0.1, -0.05) is 26.0 Å². The van der Waals surface area contributed by atoms with Crippen molar-refractivity contribution in [2.75, 3.05) is 33.9 Å². The molecule has 2 rings (SSSR count). The van der Waals surface area contributed by atoms with E-state index in [1.807, 2.05) is 30.9 Å². The highest BCUT2D eigenvalue weighted by molar-refractivity contribution is 5.87. The van der Waals surface area contributed by atoms with Crippen molar-refractivity contribution in [2.24, 2.45) is 5.92 Å². The summed E-state index contributed by atoms with van der Waals surface area (Å²) in [6.45, 7) is 5.84. The molecule has 156 valence electrons. The number of benzene rings is 1. The third-order valence-electron chi connectivity index (χ3n) is 5.11. The Labute approximate surface area is 168 Å². The van der Waals surface area contributed by atoms with Crippen LogP contribution in [0, 0.1) is 5.92 Å². The van der Waals surface area contributed by atoms with Gasteiger partial charge in [-0.25, -0.2) is 4.79 Å². The van der Waals surface area contributed by atoms with Crippen molar-refractivity contribution in [3.63, 3.8) is 0 Å². The third kappa shape index (κ3) is 6.41. The quantitative estimate of drug-likeness (QED) is 0.595. The van der Waals surface area contributed by atoms with Gasteiger partial charge in [-0.15, -0.1) is 0 Å². The Bertz CT molecular complexity index is 642. The number of carbonyl (C=O) groups is 2. The first-order valence-electron chi connectivity index (χ1n) is 10.1. The van der Waals surface area contributed by atoms with Crippen molar-refractivity contribution < 1.29 is 14.3 Å². The normalized spacial score (nSPS) is 16.0. The number of likely N-dealkylation sites (tertiary alicyclic amines) is 1. The van der Waals surface area contributed by atoms with E-state index >= 15 is 0 Å². The van der Waals surface area contributed by atoms with E-state index in [1.165, 1.54) is 5.56 Å². The zero-order valence-corrected chi connectivity index (χ0v) is 17.5. The standard InChI is InChI=1S/C21H34N4O3/c1-15(2)12-19(20(26)23-14-22-3)24-21(27)25-10-8-16(9-11-25)17-6-5-7-18(13-17)28-4/h5-7,13,15-16,19,22H,8-12,14H2,1-4H3,(H,23,26)(H,24,27). The van der Waals surface area contributed by atoms with E-state index in [1.54, 1.807) is 14.2 Å². The Hall–Kier alpha value is -2.28.